The summed E-state index contributed by atoms with van der Waals surface area (Å²) in [5.74, 6) is 2.45. The van der Waals surface area contributed by atoms with Crippen LogP contribution in [0.2, 0.25) is 0 Å². The highest BCUT2D eigenvalue weighted by molar-refractivity contribution is 14.0. The Morgan fingerprint density at radius 1 is 1.10 bits per heavy atom. The third-order valence-corrected chi connectivity index (χ3v) is 5.16. The van der Waals surface area contributed by atoms with Gasteiger partial charge in [0.25, 0.3) is 0 Å². The highest BCUT2D eigenvalue weighted by Crippen LogP contribution is 2.33. The van der Waals surface area contributed by atoms with Gasteiger partial charge in [-0.2, -0.15) is 5.10 Å². The van der Waals surface area contributed by atoms with Crippen molar-refractivity contribution in [2.24, 2.45) is 4.99 Å². The van der Waals surface area contributed by atoms with Gasteiger partial charge in [0.2, 0.25) is 0 Å². The molecule has 1 aliphatic heterocycles. The fourth-order valence-electron chi connectivity index (χ4n) is 3.57. The average molecular weight is 528 g/mol. The molecule has 3 rings (SSSR count). The molecule has 0 fully saturated rings. The number of aryl methyl sites for hydroxylation is 1. The summed E-state index contributed by atoms with van der Waals surface area (Å²) in [5, 5.41) is 11.0. The molecule has 0 spiro atoms. The first kappa shape index (κ1) is 24.3. The number of fused-ring (bicyclic) bond motifs is 1. The van der Waals surface area contributed by atoms with Crippen LogP contribution < -0.4 is 20.1 Å². The van der Waals surface area contributed by atoms with Gasteiger partial charge in [-0.15, -0.1) is 24.0 Å². The number of hydrogen-bond acceptors (Lipinski definition) is 5. The Kier molecular flexibility index (Phi) is 10.2. The number of benzene rings is 1. The molecule has 30 heavy (non-hydrogen) atoms. The van der Waals surface area contributed by atoms with Gasteiger partial charge >= 0.3 is 0 Å². The van der Waals surface area contributed by atoms with Crippen LogP contribution in [0.25, 0.3) is 0 Å². The van der Waals surface area contributed by atoms with Crippen molar-refractivity contribution in [2.45, 2.75) is 25.9 Å². The van der Waals surface area contributed by atoms with Gasteiger partial charge in [-0.3, -0.25) is 14.6 Å². The molecule has 0 saturated carbocycles. The monoisotopic (exact) mass is 528 g/mol. The quantitative estimate of drug-likeness (QED) is 0.225. The standard InChI is InChI=1S/C21H32N6O2.HI/c1-22-21(23-7-4-10-27-11-5-8-25-27)24-9-13-26-12-6-17-14-19(28-2)20(29-3)15-18(17)16-26;/h5,8,11,14-15H,4,6-7,9-10,12-13,16H2,1-3H3,(H2,22,23,24);1H. The van der Waals surface area contributed by atoms with Crippen molar-refractivity contribution >= 4 is 29.9 Å². The SMILES string of the molecule is CN=C(NCCCn1cccn1)NCCN1CCc2cc(OC)c(OC)cc2C1.I. The maximum Gasteiger partial charge on any atom is 0.191 e. The molecule has 0 amide bonds. The van der Waals surface area contributed by atoms with Crippen LogP contribution in [-0.4, -0.2) is 68.1 Å². The number of aromatic nitrogens is 2. The lowest BCUT2D eigenvalue weighted by Gasteiger charge is -2.29. The lowest BCUT2D eigenvalue weighted by Crippen LogP contribution is -2.43. The minimum absolute atomic E-state index is 0. The van der Waals surface area contributed by atoms with Crippen molar-refractivity contribution in [1.29, 1.82) is 0 Å². The van der Waals surface area contributed by atoms with Crippen LogP contribution in [0.3, 0.4) is 0 Å². The molecular formula is C21H33IN6O2. The lowest BCUT2D eigenvalue weighted by molar-refractivity contribution is 0.256. The molecule has 166 valence electrons. The van der Waals surface area contributed by atoms with Crippen LogP contribution in [0.5, 0.6) is 11.5 Å². The molecule has 2 aromatic rings. The summed E-state index contributed by atoms with van der Waals surface area (Å²) in [6.45, 7) is 5.53. The summed E-state index contributed by atoms with van der Waals surface area (Å²) in [7, 11) is 5.17. The Bertz CT molecular complexity index is 797. The minimum Gasteiger partial charge on any atom is -0.493 e. The van der Waals surface area contributed by atoms with E-state index in [-0.39, 0.29) is 24.0 Å². The predicted octanol–water partition coefficient (Wildman–Crippen LogP) is 2.13. The van der Waals surface area contributed by atoms with E-state index in [1.165, 1.54) is 11.1 Å². The normalized spacial score (nSPS) is 13.9. The first-order valence-corrected chi connectivity index (χ1v) is 10.1. The van der Waals surface area contributed by atoms with E-state index in [2.05, 4.69) is 37.8 Å². The predicted molar refractivity (Wildman–Crippen MR) is 130 cm³/mol. The summed E-state index contributed by atoms with van der Waals surface area (Å²) < 4.78 is 12.8. The second kappa shape index (κ2) is 12.6. The summed E-state index contributed by atoms with van der Waals surface area (Å²) in [6.07, 6.45) is 5.81. The Hall–Kier alpha value is -2.01. The van der Waals surface area contributed by atoms with Gasteiger partial charge in [-0.05, 0) is 42.2 Å². The van der Waals surface area contributed by atoms with Gasteiger partial charge in [-0.25, -0.2) is 0 Å². The van der Waals surface area contributed by atoms with Crippen molar-refractivity contribution in [3.8, 4) is 11.5 Å². The van der Waals surface area contributed by atoms with Crippen molar-refractivity contribution < 1.29 is 9.47 Å². The number of nitrogens with one attached hydrogen (secondary N) is 2. The Balaban J connectivity index is 0.00000320. The van der Waals surface area contributed by atoms with Gasteiger partial charge in [0.05, 0.1) is 14.2 Å². The smallest absolute Gasteiger partial charge is 0.191 e. The van der Waals surface area contributed by atoms with Gasteiger partial charge in [0, 0.05) is 58.7 Å². The molecule has 2 N–H and O–H groups in total. The Morgan fingerprint density at radius 2 is 1.83 bits per heavy atom. The third kappa shape index (κ3) is 6.76. The molecule has 2 heterocycles. The van der Waals surface area contributed by atoms with E-state index in [0.717, 1.165) is 69.6 Å². The van der Waals surface area contributed by atoms with E-state index in [4.69, 9.17) is 9.47 Å². The van der Waals surface area contributed by atoms with E-state index < -0.39 is 0 Å². The molecular weight excluding hydrogens is 495 g/mol. The molecule has 1 aliphatic rings. The summed E-state index contributed by atoms with van der Waals surface area (Å²) in [5.41, 5.74) is 2.66. The zero-order chi connectivity index (χ0) is 20.5. The van der Waals surface area contributed by atoms with Gasteiger partial charge in [0.1, 0.15) is 0 Å². The number of methoxy groups -OCH3 is 2. The van der Waals surface area contributed by atoms with Crippen LogP contribution >= 0.6 is 24.0 Å². The minimum atomic E-state index is 0. The maximum absolute atomic E-state index is 5.45. The van der Waals surface area contributed by atoms with Crippen LogP contribution in [0.15, 0.2) is 35.6 Å². The van der Waals surface area contributed by atoms with E-state index in [1.807, 2.05) is 16.9 Å². The molecule has 8 nitrogen and oxygen atoms in total. The molecule has 0 radical (unpaired) electrons. The fraction of sp³-hybridized carbons (Fsp3) is 0.524. The Morgan fingerprint density at radius 3 is 2.50 bits per heavy atom. The van der Waals surface area contributed by atoms with Gasteiger partial charge in [0.15, 0.2) is 17.5 Å². The molecule has 0 saturated heterocycles. The number of halogens is 1. The molecule has 9 heteroatoms. The summed E-state index contributed by atoms with van der Waals surface area (Å²) in [6, 6.07) is 6.16. The maximum atomic E-state index is 5.45. The number of aliphatic imine (C=N–C) groups is 1. The number of hydrogen-bond donors (Lipinski definition) is 2. The van der Waals surface area contributed by atoms with Gasteiger partial charge < -0.3 is 20.1 Å². The van der Waals surface area contributed by atoms with Gasteiger partial charge in [-0.1, -0.05) is 0 Å². The second-order valence-electron chi connectivity index (χ2n) is 7.05. The Labute approximate surface area is 196 Å². The number of ether oxygens (including phenoxy) is 2. The fourth-order valence-corrected chi connectivity index (χ4v) is 3.57. The van der Waals surface area contributed by atoms with E-state index in [0.29, 0.717) is 0 Å². The highest BCUT2D eigenvalue weighted by atomic mass is 127. The molecule has 0 atom stereocenters. The van der Waals surface area contributed by atoms with Crippen molar-refractivity contribution in [2.75, 3.05) is 47.4 Å². The molecule has 0 bridgehead atoms. The van der Waals surface area contributed by atoms with E-state index in [1.54, 1.807) is 27.5 Å². The molecule has 0 unspecified atom stereocenters. The number of nitrogens with zero attached hydrogens (tertiary/aromatic N) is 4. The first-order valence-electron chi connectivity index (χ1n) is 10.1. The van der Waals surface area contributed by atoms with E-state index >= 15 is 0 Å². The lowest BCUT2D eigenvalue weighted by atomic mass is 9.99. The topological polar surface area (TPSA) is 75.9 Å². The average Bonchev–Trinajstić information content (AvgIpc) is 3.27. The van der Waals surface area contributed by atoms with E-state index in [9.17, 15) is 0 Å². The largest absolute Gasteiger partial charge is 0.493 e. The number of rotatable bonds is 9. The van der Waals surface area contributed by atoms with Crippen LogP contribution in [0.4, 0.5) is 0 Å². The molecule has 0 aliphatic carbocycles. The van der Waals surface area contributed by atoms with Crippen molar-refractivity contribution in [3.63, 3.8) is 0 Å². The third-order valence-electron chi connectivity index (χ3n) is 5.16. The van der Waals surface area contributed by atoms with Crippen molar-refractivity contribution in [3.05, 3.63) is 41.7 Å². The summed E-state index contributed by atoms with van der Waals surface area (Å²) in [4.78, 5) is 6.76. The first-order chi connectivity index (χ1) is 14.2. The number of guanidine groups is 1. The van der Waals surface area contributed by atoms with Crippen LogP contribution in [-0.2, 0) is 19.5 Å². The van der Waals surface area contributed by atoms with Crippen LogP contribution in [0, 0.1) is 0 Å². The second-order valence-corrected chi connectivity index (χ2v) is 7.05. The zero-order valence-electron chi connectivity index (χ0n) is 18.1. The van der Waals surface area contributed by atoms with Crippen LogP contribution in [0.1, 0.15) is 17.5 Å². The highest BCUT2D eigenvalue weighted by Gasteiger charge is 2.19. The molecule has 1 aromatic heterocycles. The molecule has 1 aromatic carbocycles. The summed E-state index contributed by atoms with van der Waals surface area (Å²) >= 11 is 0. The zero-order valence-corrected chi connectivity index (χ0v) is 20.4. The van der Waals surface area contributed by atoms with Crippen molar-refractivity contribution in [1.82, 2.24) is 25.3 Å².